The van der Waals surface area contributed by atoms with Crippen molar-refractivity contribution in [1.82, 2.24) is 0 Å². The van der Waals surface area contributed by atoms with Crippen LogP contribution in [0.4, 0.5) is 0 Å². The number of benzene rings is 2. The molecule has 2 aromatic carbocycles. The molecule has 0 saturated carbocycles. The van der Waals surface area contributed by atoms with E-state index in [1.165, 1.54) is 30.3 Å². The van der Waals surface area contributed by atoms with Gasteiger partial charge in [-0.3, -0.25) is 9.59 Å². The fourth-order valence-electron chi connectivity index (χ4n) is 2.88. The summed E-state index contributed by atoms with van der Waals surface area (Å²) in [5.41, 5.74) is 0.693. The van der Waals surface area contributed by atoms with Gasteiger partial charge in [0.15, 0.2) is 11.5 Å². The van der Waals surface area contributed by atoms with Crippen molar-refractivity contribution in [3.63, 3.8) is 0 Å². The topological polar surface area (TPSA) is 93.1 Å². The molecule has 6 nitrogen and oxygen atoms in total. The number of hydrogen-bond acceptors (Lipinski definition) is 4. The summed E-state index contributed by atoms with van der Waals surface area (Å²) in [6.45, 7) is 0.769. The summed E-state index contributed by atoms with van der Waals surface area (Å²) in [5, 5.41) is 19.8. The summed E-state index contributed by atoms with van der Waals surface area (Å²) in [6.07, 6.45) is 0. The third kappa shape index (κ3) is 3.53. The van der Waals surface area contributed by atoms with Crippen LogP contribution in [0.25, 0.3) is 0 Å². The minimum Gasteiger partial charge on any atom is -0.486 e. The molecule has 2 unspecified atom stereocenters. The molecule has 0 spiro atoms. The average Bonchev–Trinajstić information content (AvgIpc) is 2.59. The Hall–Kier alpha value is -2.73. The number of carboxylic acids is 2. The van der Waals surface area contributed by atoms with Crippen LogP contribution in [0.2, 0.25) is 5.02 Å². The molecule has 0 fully saturated rings. The zero-order valence-electron chi connectivity index (χ0n) is 13.0. The lowest BCUT2D eigenvalue weighted by molar-refractivity contribution is -0.147. The van der Waals surface area contributed by atoms with Gasteiger partial charge < -0.3 is 19.7 Å². The third-order valence-corrected chi connectivity index (χ3v) is 4.27. The molecule has 0 aromatic heterocycles. The summed E-state index contributed by atoms with van der Waals surface area (Å²) >= 11 is 5.84. The Morgan fingerprint density at radius 1 is 0.840 bits per heavy atom. The van der Waals surface area contributed by atoms with E-state index in [2.05, 4.69) is 0 Å². The van der Waals surface area contributed by atoms with Gasteiger partial charge in [-0.25, -0.2) is 0 Å². The predicted molar refractivity (Wildman–Crippen MR) is 89.6 cm³/mol. The number of ether oxygens (including phenoxy) is 2. The molecule has 25 heavy (non-hydrogen) atoms. The molecule has 2 atom stereocenters. The van der Waals surface area contributed by atoms with Crippen molar-refractivity contribution >= 4 is 23.5 Å². The number of rotatable bonds is 5. The molecular formula is C18H15ClO6. The normalized spacial score (nSPS) is 15.2. The van der Waals surface area contributed by atoms with E-state index in [-0.39, 0.29) is 0 Å². The summed E-state index contributed by atoms with van der Waals surface area (Å²) in [4.78, 5) is 23.7. The molecule has 0 bridgehead atoms. The maximum atomic E-state index is 11.9. The largest absolute Gasteiger partial charge is 0.486 e. The van der Waals surface area contributed by atoms with Gasteiger partial charge >= 0.3 is 11.9 Å². The summed E-state index contributed by atoms with van der Waals surface area (Å²) in [7, 11) is 0. The maximum absolute atomic E-state index is 11.9. The van der Waals surface area contributed by atoms with Gasteiger partial charge in [-0.1, -0.05) is 29.8 Å². The fraction of sp³-hybridized carbons (Fsp3) is 0.222. The van der Waals surface area contributed by atoms with Crippen molar-refractivity contribution in [3.05, 3.63) is 58.6 Å². The first-order chi connectivity index (χ1) is 12.0. The number of carboxylic acid groups (broad SMARTS) is 2. The summed E-state index contributed by atoms with van der Waals surface area (Å²) in [5.74, 6) is -4.09. The SMILES string of the molecule is O=C(O)C(c1ccc(Cl)cc1)C(C(=O)O)c1ccc2c(c1)OCCO2. The van der Waals surface area contributed by atoms with Crippen LogP contribution < -0.4 is 9.47 Å². The number of carbonyl (C=O) groups is 2. The highest BCUT2D eigenvalue weighted by molar-refractivity contribution is 6.30. The van der Waals surface area contributed by atoms with E-state index in [0.29, 0.717) is 40.9 Å². The van der Waals surface area contributed by atoms with Gasteiger partial charge in [0.05, 0.1) is 11.8 Å². The number of aliphatic carboxylic acids is 2. The summed E-state index contributed by atoms with van der Waals surface area (Å²) < 4.78 is 10.9. The van der Waals surface area contributed by atoms with E-state index in [4.69, 9.17) is 21.1 Å². The van der Waals surface area contributed by atoms with Crippen LogP contribution in [-0.4, -0.2) is 35.4 Å². The molecule has 2 N–H and O–H groups in total. The van der Waals surface area contributed by atoms with Gasteiger partial charge in [0, 0.05) is 5.02 Å². The molecule has 0 radical (unpaired) electrons. The van der Waals surface area contributed by atoms with Crippen LogP contribution in [0.1, 0.15) is 23.0 Å². The average molecular weight is 363 g/mol. The van der Waals surface area contributed by atoms with Gasteiger partial charge in [-0.05, 0) is 35.4 Å². The Morgan fingerprint density at radius 2 is 1.36 bits per heavy atom. The Morgan fingerprint density at radius 3 is 1.96 bits per heavy atom. The standard InChI is InChI=1S/C18H15ClO6/c19-12-4-1-10(2-5-12)15(17(20)21)16(18(22)23)11-3-6-13-14(9-11)25-8-7-24-13/h1-6,9,15-16H,7-8H2,(H,20,21)(H,22,23). The first-order valence-corrected chi connectivity index (χ1v) is 7.96. The number of halogens is 1. The maximum Gasteiger partial charge on any atom is 0.312 e. The van der Waals surface area contributed by atoms with E-state index >= 15 is 0 Å². The van der Waals surface area contributed by atoms with Crippen molar-refractivity contribution in [2.75, 3.05) is 13.2 Å². The van der Waals surface area contributed by atoms with Crippen LogP contribution in [0.3, 0.4) is 0 Å². The fourth-order valence-corrected chi connectivity index (χ4v) is 3.00. The molecule has 0 aliphatic carbocycles. The van der Waals surface area contributed by atoms with Crippen molar-refractivity contribution < 1.29 is 29.3 Å². The van der Waals surface area contributed by atoms with Gasteiger partial charge in [-0.15, -0.1) is 0 Å². The Labute approximate surface area is 148 Å². The van der Waals surface area contributed by atoms with Crippen LogP contribution >= 0.6 is 11.6 Å². The Kier molecular flexibility index (Phi) is 4.81. The zero-order valence-corrected chi connectivity index (χ0v) is 13.8. The van der Waals surface area contributed by atoms with Crippen molar-refractivity contribution in [1.29, 1.82) is 0 Å². The highest BCUT2D eigenvalue weighted by atomic mass is 35.5. The van der Waals surface area contributed by atoms with Crippen molar-refractivity contribution in [3.8, 4) is 11.5 Å². The monoisotopic (exact) mass is 362 g/mol. The summed E-state index contributed by atoms with van der Waals surface area (Å²) in [6, 6.07) is 10.8. The van der Waals surface area contributed by atoms with E-state index in [1.807, 2.05) is 0 Å². The van der Waals surface area contributed by atoms with Crippen LogP contribution in [0.5, 0.6) is 11.5 Å². The minimum atomic E-state index is -1.28. The second-order valence-electron chi connectivity index (χ2n) is 5.59. The highest BCUT2D eigenvalue weighted by Crippen LogP contribution is 2.39. The molecular weight excluding hydrogens is 348 g/mol. The Bertz CT molecular complexity index is 802. The first kappa shape index (κ1) is 17.1. The van der Waals surface area contributed by atoms with Gasteiger partial charge in [0.25, 0.3) is 0 Å². The molecule has 0 amide bonds. The second-order valence-corrected chi connectivity index (χ2v) is 6.02. The number of hydrogen-bond donors (Lipinski definition) is 2. The zero-order chi connectivity index (χ0) is 18.0. The Balaban J connectivity index is 2.05. The lowest BCUT2D eigenvalue weighted by Gasteiger charge is -2.24. The van der Waals surface area contributed by atoms with Gasteiger partial charge in [-0.2, -0.15) is 0 Å². The van der Waals surface area contributed by atoms with Crippen molar-refractivity contribution in [2.45, 2.75) is 11.8 Å². The molecule has 7 heteroatoms. The first-order valence-electron chi connectivity index (χ1n) is 7.58. The molecule has 130 valence electrons. The van der Waals surface area contributed by atoms with E-state index in [9.17, 15) is 19.8 Å². The smallest absolute Gasteiger partial charge is 0.312 e. The van der Waals surface area contributed by atoms with Crippen LogP contribution in [0.15, 0.2) is 42.5 Å². The second kappa shape index (κ2) is 7.03. The van der Waals surface area contributed by atoms with Crippen LogP contribution in [-0.2, 0) is 9.59 Å². The lowest BCUT2D eigenvalue weighted by atomic mass is 9.81. The number of fused-ring (bicyclic) bond motifs is 1. The van der Waals surface area contributed by atoms with Crippen molar-refractivity contribution in [2.24, 2.45) is 0 Å². The molecule has 3 rings (SSSR count). The van der Waals surface area contributed by atoms with E-state index in [0.717, 1.165) is 0 Å². The molecule has 0 saturated heterocycles. The highest BCUT2D eigenvalue weighted by Gasteiger charge is 2.37. The predicted octanol–water partition coefficient (Wildman–Crippen LogP) is 3.15. The van der Waals surface area contributed by atoms with Gasteiger partial charge in [0.1, 0.15) is 13.2 Å². The third-order valence-electron chi connectivity index (χ3n) is 4.02. The molecule has 1 aliphatic rings. The minimum absolute atomic E-state index is 0.333. The quantitative estimate of drug-likeness (QED) is 0.848. The lowest BCUT2D eigenvalue weighted by Crippen LogP contribution is -2.26. The molecule has 1 aliphatic heterocycles. The molecule has 1 heterocycles. The van der Waals surface area contributed by atoms with E-state index in [1.54, 1.807) is 12.1 Å². The van der Waals surface area contributed by atoms with Gasteiger partial charge in [0.2, 0.25) is 0 Å². The van der Waals surface area contributed by atoms with Crippen LogP contribution in [0, 0.1) is 0 Å². The van der Waals surface area contributed by atoms with E-state index < -0.39 is 23.8 Å². The molecule has 2 aromatic rings.